The van der Waals surface area contributed by atoms with E-state index in [9.17, 15) is 0 Å². The first-order chi connectivity index (χ1) is 8.25. The molecule has 17 heavy (non-hydrogen) atoms. The van der Waals surface area contributed by atoms with E-state index in [1.807, 2.05) is 17.9 Å². The lowest BCUT2D eigenvalue weighted by Gasteiger charge is -2.30. The van der Waals surface area contributed by atoms with Gasteiger partial charge in [-0.1, -0.05) is 24.3 Å². The van der Waals surface area contributed by atoms with E-state index in [1.165, 1.54) is 16.7 Å². The number of hydrogen-bond acceptors (Lipinski definition) is 2. The van der Waals surface area contributed by atoms with Gasteiger partial charge in [-0.05, 0) is 23.6 Å². The lowest BCUT2D eigenvalue weighted by molar-refractivity contribution is 0.508. The molecule has 88 valence electrons. The number of nitrogens with zero attached hydrogens (tertiary/aromatic N) is 2. The van der Waals surface area contributed by atoms with Crippen LogP contribution in [0.4, 0.5) is 0 Å². The molecule has 2 heterocycles. The van der Waals surface area contributed by atoms with Gasteiger partial charge >= 0.3 is 0 Å². The first-order valence-corrected chi connectivity index (χ1v) is 6.06. The van der Waals surface area contributed by atoms with Gasteiger partial charge in [0.1, 0.15) is 0 Å². The molecule has 1 aliphatic heterocycles. The summed E-state index contributed by atoms with van der Waals surface area (Å²) in [5.41, 5.74) is 4.14. The molecule has 3 nitrogen and oxygen atoms in total. The zero-order valence-corrected chi connectivity index (χ0v) is 10.2. The molecule has 1 N–H and O–H groups in total. The first kappa shape index (κ1) is 10.5. The molecule has 3 heteroatoms. The lowest BCUT2D eigenvalue weighted by atomic mass is 9.84. The highest BCUT2D eigenvalue weighted by atomic mass is 15.2. The average Bonchev–Trinajstić information content (AvgIpc) is 2.77. The van der Waals surface area contributed by atoms with Crippen LogP contribution in [0, 0.1) is 0 Å². The van der Waals surface area contributed by atoms with Gasteiger partial charge < -0.3 is 5.32 Å². The maximum absolute atomic E-state index is 4.27. The van der Waals surface area contributed by atoms with Gasteiger partial charge in [-0.2, -0.15) is 5.10 Å². The number of rotatable bonds is 1. The molecular formula is C14H17N3. The molecular weight excluding hydrogens is 210 g/mol. The van der Waals surface area contributed by atoms with Gasteiger partial charge in [0.15, 0.2) is 0 Å². The van der Waals surface area contributed by atoms with Crippen LogP contribution in [0.1, 0.15) is 35.6 Å². The van der Waals surface area contributed by atoms with E-state index < -0.39 is 0 Å². The molecule has 0 aliphatic carbocycles. The van der Waals surface area contributed by atoms with Crippen LogP contribution in [-0.2, 0) is 7.05 Å². The summed E-state index contributed by atoms with van der Waals surface area (Å²) in [7, 11) is 1.97. The van der Waals surface area contributed by atoms with Crippen LogP contribution in [0.15, 0.2) is 36.7 Å². The Morgan fingerprint density at radius 2 is 2.06 bits per heavy atom. The summed E-state index contributed by atoms with van der Waals surface area (Å²) in [4.78, 5) is 0. The van der Waals surface area contributed by atoms with Crippen molar-refractivity contribution < 1.29 is 0 Å². The topological polar surface area (TPSA) is 29.9 Å². The van der Waals surface area contributed by atoms with Crippen molar-refractivity contribution in [2.24, 2.45) is 7.05 Å². The SMILES string of the molecule is CC1NCC(c2cnn(C)c2)c2ccccc21. The smallest absolute Gasteiger partial charge is 0.0528 e. The predicted molar refractivity (Wildman–Crippen MR) is 67.9 cm³/mol. The highest BCUT2D eigenvalue weighted by molar-refractivity contribution is 5.40. The molecule has 0 radical (unpaired) electrons. The van der Waals surface area contributed by atoms with Crippen molar-refractivity contribution in [1.82, 2.24) is 15.1 Å². The molecule has 0 saturated carbocycles. The molecule has 0 amide bonds. The Morgan fingerprint density at radius 3 is 2.76 bits per heavy atom. The minimum Gasteiger partial charge on any atom is -0.309 e. The molecule has 3 rings (SSSR count). The van der Waals surface area contributed by atoms with Crippen LogP contribution < -0.4 is 5.32 Å². The zero-order chi connectivity index (χ0) is 11.8. The fourth-order valence-corrected chi connectivity index (χ4v) is 2.65. The van der Waals surface area contributed by atoms with Crippen molar-refractivity contribution in [3.63, 3.8) is 0 Å². The van der Waals surface area contributed by atoms with Gasteiger partial charge in [-0.15, -0.1) is 0 Å². The third-order valence-electron chi connectivity index (χ3n) is 3.59. The molecule has 0 saturated heterocycles. The van der Waals surface area contributed by atoms with Crippen molar-refractivity contribution in [3.8, 4) is 0 Å². The molecule has 0 spiro atoms. The van der Waals surface area contributed by atoms with Gasteiger partial charge in [0, 0.05) is 31.7 Å². The van der Waals surface area contributed by atoms with Crippen molar-refractivity contribution in [1.29, 1.82) is 0 Å². The molecule has 0 fully saturated rings. The maximum Gasteiger partial charge on any atom is 0.0528 e. The highest BCUT2D eigenvalue weighted by Crippen LogP contribution is 2.33. The van der Waals surface area contributed by atoms with Crippen molar-refractivity contribution in [3.05, 3.63) is 53.3 Å². The molecule has 2 unspecified atom stereocenters. The lowest BCUT2D eigenvalue weighted by Crippen LogP contribution is -2.31. The molecule has 0 bridgehead atoms. The minimum absolute atomic E-state index is 0.427. The van der Waals surface area contributed by atoms with Crippen molar-refractivity contribution in [2.45, 2.75) is 18.9 Å². The first-order valence-electron chi connectivity index (χ1n) is 6.06. The van der Waals surface area contributed by atoms with E-state index in [0.717, 1.165) is 6.54 Å². The standard InChI is InChI=1S/C14H17N3/c1-10-12-5-3-4-6-13(12)14(8-15-10)11-7-16-17(2)9-11/h3-7,9-10,14-15H,8H2,1-2H3. The number of nitrogens with one attached hydrogen (secondary N) is 1. The van der Waals surface area contributed by atoms with Crippen LogP contribution >= 0.6 is 0 Å². The van der Waals surface area contributed by atoms with E-state index in [4.69, 9.17) is 0 Å². The minimum atomic E-state index is 0.427. The Balaban J connectivity index is 2.06. The van der Waals surface area contributed by atoms with Crippen LogP contribution in [0.2, 0.25) is 0 Å². The fourth-order valence-electron chi connectivity index (χ4n) is 2.65. The average molecular weight is 227 g/mol. The number of aromatic nitrogens is 2. The number of fused-ring (bicyclic) bond motifs is 1. The normalized spacial score (nSPS) is 23.4. The third kappa shape index (κ3) is 1.76. The number of aryl methyl sites for hydroxylation is 1. The second kappa shape index (κ2) is 4.00. The molecule has 2 atom stereocenters. The molecule has 1 aromatic carbocycles. The summed E-state index contributed by atoms with van der Waals surface area (Å²) in [6.07, 6.45) is 4.08. The highest BCUT2D eigenvalue weighted by Gasteiger charge is 2.25. The summed E-state index contributed by atoms with van der Waals surface area (Å²) in [6.45, 7) is 3.21. The molecule has 1 aliphatic rings. The van der Waals surface area contributed by atoms with E-state index in [1.54, 1.807) is 0 Å². The summed E-state index contributed by atoms with van der Waals surface area (Å²) in [6, 6.07) is 9.14. The monoisotopic (exact) mass is 227 g/mol. The Bertz CT molecular complexity index is 530. The molecule has 2 aromatic rings. The van der Waals surface area contributed by atoms with Crippen LogP contribution in [0.5, 0.6) is 0 Å². The summed E-state index contributed by atoms with van der Waals surface area (Å²) in [5.74, 6) is 0.427. The van der Waals surface area contributed by atoms with Gasteiger partial charge in [0.05, 0.1) is 6.20 Å². The Hall–Kier alpha value is -1.61. The number of hydrogen-bond donors (Lipinski definition) is 1. The zero-order valence-electron chi connectivity index (χ0n) is 10.2. The molecule has 1 aromatic heterocycles. The van der Waals surface area contributed by atoms with Gasteiger partial charge in [0.2, 0.25) is 0 Å². The van der Waals surface area contributed by atoms with Gasteiger partial charge in [-0.3, -0.25) is 4.68 Å². The van der Waals surface area contributed by atoms with Crippen molar-refractivity contribution >= 4 is 0 Å². The van der Waals surface area contributed by atoms with Crippen LogP contribution in [0.3, 0.4) is 0 Å². The van der Waals surface area contributed by atoms with Crippen molar-refractivity contribution in [2.75, 3.05) is 6.54 Å². The third-order valence-corrected chi connectivity index (χ3v) is 3.59. The van der Waals surface area contributed by atoms with E-state index in [-0.39, 0.29) is 0 Å². The van der Waals surface area contributed by atoms with E-state index in [2.05, 4.69) is 47.8 Å². The summed E-state index contributed by atoms with van der Waals surface area (Å²) < 4.78 is 1.87. The largest absolute Gasteiger partial charge is 0.309 e. The Kier molecular flexibility index (Phi) is 2.48. The fraction of sp³-hybridized carbons (Fsp3) is 0.357. The van der Waals surface area contributed by atoms with Gasteiger partial charge in [-0.25, -0.2) is 0 Å². The summed E-state index contributed by atoms with van der Waals surface area (Å²) in [5, 5.41) is 7.83. The summed E-state index contributed by atoms with van der Waals surface area (Å²) >= 11 is 0. The Labute approximate surface area is 101 Å². The Morgan fingerprint density at radius 1 is 1.29 bits per heavy atom. The predicted octanol–water partition coefficient (Wildman–Crippen LogP) is 2.22. The number of benzene rings is 1. The second-order valence-corrected chi connectivity index (χ2v) is 4.76. The maximum atomic E-state index is 4.27. The second-order valence-electron chi connectivity index (χ2n) is 4.76. The van der Waals surface area contributed by atoms with E-state index >= 15 is 0 Å². The van der Waals surface area contributed by atoms with Gasteiger partial charge in [0.25, 0.3) is 0 Å². The van der Waals surface area contributed by atoms with Crippen LogP contribution in [-0.4, -0.2) is 16.3 Å². The van der Waals surface area contributed by atoms with Crippen LogP contribution in [0.25, 0.3) is 0 Å². The van der Waals surface area contributed by atoms with E-state index in [0.29, 0.717) is 12.0 Å². The quantitative estimate of drug-likeness (QED) is 0.809.